The van der Waals surface area contributed by atoms with Gasteiger partial charge in [0.05, 0.1) is 0 Å². The second-order valence-electron chi connectivity index (χ2n) is 4.76. The van der Waals surface area contributed by atoms with Crippen molar-refractivity contribution in [3.63, 3.8) is 0 Å². The summed E-state index contributed by atoms with van der Waals surface area (Å²) in [6, 6.07) is 11.0. The molecule has 106 valence electrons. The van der Waals surface area contributed by atoms with E-state index in [1.54, 1.807) is 0 Å². The minimum absolute atomic E-state index is 0.191. The van der Waals surface area contributed by atoms with Crippen molar-refractivity contribution in [2.24, 2.45) is 0 Å². The molecule has 2 aromatic rings. The van der Waals surface area contributed by atoms with Crippen molar-refractivity contribution in [2.45, 2.75) is 25.8 Å². The van der Waals surface area contributed by atoms with E-state index in [1.807, 2.05) is 30.5 Å². The highest BCUT2D eigenvalue weighted by Gasteiger charge is 2.10. The predicted molar refractivity (Wildman–Crippen MR) is 83.2 cm³/mol. The van der Waals surface area contributed by atoms with Gasteiger partial charge in [0.1, 0.15) is 5.82 Å². The van der Waals surface area contributed by atoms with Crippen LogP contribution in [0.5, 0.6) is 0 Å². The van der Waals surface area contributed by atoms with E-state index in [2.05, 4.69) is 33.2 Å². The SMILES string of the molecule is CCNC(Cc1ccc(F)cc1)Cc1ccc(Br)cn1. The van der Waals surface area contributed by atoms with E-state index in [9.17, 15) is 4.39 Å². The third-order valence-corrected chi connectivity index (χ3v) is 3.60. The van der Waals surface area contributed by atoms with E-state index < -0.39 is 0 Å². The fourth-order valence-corrected chi connectivity index (χ4v) is 2.42. The first kappa shape index (κ1) is 15.1. The molecule has 0 saturated carbocycles. The number of aromatic nitrogens is 1. The summed E-state index contributed by atoms with van der Waals surface area (Å²) in [6.45, 7) is 3.00. The minimum atomic E-state index is -0.191. The molecule has 1 heterocycles. The molecule has 1 aromatic heterocycles. The number of hydrogen-bond donors (Lipinski definition) is 1. The first-order valence-electron chi connectivity index (χ1n) is 6.75. The molecule has 0 bridgehead atoms. The quantitative estimate of drug-likeness (QED) is 0.868. The van der Waals surface area contributed by atoms with Crippen LogP contribution in [0.4, 0.5) is 4.39 Å². The molecule has 1 aromatic carbocycles. The van der Waals surface area contributed by atoms with Gasteiger partial charge >= 0.3 is 0 Å². The highest BCUT2D eigenvalue weighted by Crippen LogP contribution is 2.12. The van der Waals surface area contributed by atoms with Gasteiger partial charge in [-0.15, -0.1) is 0 Å². The molecule has 1 atom stereocenters. The fourth-order valence-electron chi connectivity index (χ4n) is 2.19. The van der Waals surface area contributed by atoms with Crippen LogP contribution < -0.4 is 5.32 Å². The van der Waals surface area contributed by atoms with Crippen LogP contribution in [0, 0.1) is 5.82 Å². The van der Waals surface area contributed by atoms with Crippen LogP contribution in [0.15, 0.2) is 47.1 Å². The van der Waals surface area contributed by atoms with Crippen LogP contribution in [-0.4, -0.2) is 17.6 Å². The van der Waals surface area contributed by atoms with Gasteiger partial charge in [-0.2, -0.15) is 0 Å². The lowest BCUT2D eigenvalue weighted by molar-refractivity contribution is 0.516. The highest BCUT2D eigenvalue weighted by molar-refractivity contribution is 9.10. The van der Waals surface area contributed by atoms with E-state index in [1.165, 1.54) is 12.1 Å². The van der Waals surface area contributed by atoms with Gasteiger partial charge in [-0.05, 0) is 58.7 Å². The van der Waals surface area contributed by atoms with E-state index >= 15 is 0 Å². The van der Waals surface area contributed by atoms with Gasteiger partial charge in [-0.25, -0.2) is 4.39 Å². The largest absolute Gasteiger partial charge is 0.314 e. The lowest BCUT2D eigenvalue weighted by Crippen LogP contribution is -2.33. The van der Waals surface area contributed by atoms with Gasteiger partial charge in [0, 0.05) is 28.8 Å². The molecule has 2 rings (SSSR count). The molecule has 0 amide bonds. The van der Waals surface area contributed by atoms with E-state index in [-0.39, 0.29) is 5.82 Å². The van der Waals surface area contributed by atoms with Gasteiger partial charge < -0.3 is 5.32 Å². The number of hydrogen-bond acceptors (Lipinski definition) is 2. The molecule has 4 heteroatoms. The molecular formula is C16H18BrFN2. The molecule has 1 unspecified atom stereocenters. The third-order valence-electron chi connectivity index (χ3n) is 3.13. The average molecular weight is 337 g/mol. The Morgan fingerprint density at radius 2 is 1.90 bits per heavy atom. The van der Waals surface area contributed by atoms with Crippen molar-refractivity contribution in [2.75, 3.05) is 6.54 Å². The average Bonchev–Trinajstić information content (AvgIpc) is 2.44. The standard InChI is InChI=1S/C16H18BrFN2/c1-2-19-16(9-12-3-6-14(18)7-4-12)10-15-8-5-13(17)11-20-15/h3-8,11,16,19H,2,9-10H2,1H3. The maximum absolute atomic E-state index is 12.9. The summed E-state index contributed by atoms with van der Waals surface area (Å²) < 4.78 is 13.9. The van der Waals surface area contributed by atoms with Crippen LogP contribution in [0.3, 0.4) is 0 Å². The second kappa shape index (κ2) is 7.50. The minimum Gasteiger partial charge on any atom is -0.314 e. The Morgan fingerprint density at radius 3 is 2.50 bits per heavy atom. The van der Waals surface area contributed by atoms with Crippen LogP contribution in [0.2, 0.25) is 0 Å². The number of benzene rings is 1. The number of halogens is 2. The van der Waals surface area contributed by atoms with Crippen molar-refractivity contribution < 1.29 is 4.39 Å². The molecule has 2 nitrogen and oxygen atoms in total. The maximum atomic E-state index is 12.9. The van der Waals surface area contributed by atoms with Crippen molar-refractivity contribution >= 4 is 15.9 Å². The number of nitrogens with zero attached hydrogens (tertiary/aromatic N) is 1. The first-order chi connectivity index (χ1) is 9.67. The Balaban J connectivity index is 2.02. The Morgan fingerprint density at radius 1 is 1.15 bits per heavy atom. The maximum Gasteiger partial charge on any atom is 0.123 e. The Hall–Kier alpha value is -1.26. The fraction of sp³-hybridized carbons (Fsp3) is 0.312. The second-order valence-corrected chi connectivity index (χ2v) is 5.67. The third kappa shape index (κ3) is 4.69. The summed E-state index contributed by atoms with van der Waals surface area (Å²) in [5, 5.41) is 3.46. The topological polar surface area (TPSA) is 24.9 Å². The summed E-state index contributed by atoms with van der Waals surface area (Å²) in [7, 11) is 0. The van der Waals surface area contributed by atoms with Crippen molar-refractivity contribution in [1.82, 2.24) is 10.3 Å². The zero-order valence-electron chi connectivity index (χ0n) is 11.4. The lowest BCUT2D eigenvalue weighted by Gasteiger charge is -2.17. The first-order valence-corrected chi connectivity index (χ1v) is 7.55. The highest BCUT2D eigenvalue weighted by atomic mass is 79.9. The molecule has 0 aliphatic carbocycles. The van der Waals surface area contributed by atoms with Gasteiger partial charge in [0.15, 0.2) is 0 Å². The predicted octanol–water partition coefficient (Wildman–Crippen LogP) is 3.75. The monoisotopic (exact) mass is 336 g/mol. The number of rotatable bonds is 6. The molecule has 0 saturated heterocycles. The Bertz CT molecular complexity index is 478. The normalized spacial score (nSPS) is 12.3. The van der Waals surface area contributed by atoms with Gasteiger partial charge in [0.2, 0.25) is 0 Å². The summed E-state index contributed by atoms with van der Waals surface area (Å²) in [4.78, 5) is 4.41. The summed E-state index contributed by atoms with van der Waals surface area (Å²) >= 11 is 3.39. The smallest absolute Gasteiger partial charge is 0.123 e. The van der Waals surface area contributed by atoms with E-state index in [0.29, 0.717) is 6.04 Å². The molecular weight excluding hydrogens is 319 g/mol. The summed E-state index contributed by atoms with van der Waals surface area (Å²) in [6.07, 6.45) is 3.54. The Labute approximate surface area is 127 Å². The molecule has 0 fully saturated rings. The van der Waals surface area contributed by atoms with Crippen molar-refractivity contribution in [3.05, 3.63) is 64.1 Å². The van der Waals surface area contributed by atoms with Crippen molar-refractivity contribution in [1.29, 1.82) is 0 Å². The number of pyridine rings is 1. The number of likely N-dealkylation sites (N-methyl/N-ethyl adjacent to an activating group) is 1. The molecule has 1 N–H and O–H groups in total. The van der Waals surface area contributed by atoms with Crippen LogP contribution in [-0.2, 0) is 12.8 Å². The van der Waals surface area contributed by atoms with Crippen LogP contribution in [0.25, 0.3) is 0 Å². The van der Waals surface area contributed by atoms with E-state index in [4.69, 9.17) is 0 Å². The van der Waals surface area contributed by atoms with Gasteiger partial charge in [0.25, 0.3) is 0 Å². The van der Waals surface area contributed by atoms with Gasteiger partial charge in [-0.1, -0.05) is 19.1 Å². The van der Waals surface area contributed by atoms with Crippen LogP contribution in [0.1, 0.15) is 18.2 Å². The number of nitrogens with one attached hydrogen (secondary N) is 1. The van der Waals surface area contributed by atoms with E-state index in [0.717, 1.165) is 35.1 Å². The van der Waals surface area contributed by atoms with Crippen molar-refractivity contribution in [3.8, 4) is 0 Å². The van der Waals surface area contributed by atoms with Crippen LogP contribution >= 0.6 is 15.9 Å². The lowest BCUT2D eigenvalue weighted by atomic mass is 10.0. The molecule has 0 radical (unpaired) electrons. The molecule has 0 aliphatic heterocycles. The zero-order valence-corrected chi connectivity index (χ0v) is 13.0. The molecule has 20 heavy (non-hydrogen) atoms. The zero-order chi connectivity index (χ0) is 14.4. The summed E-state index contributed by atoms with van der Waals surface area (Å²) in [5.41, 5.74) is 2.19. The molecule has 0 spiro atoms. The van der Waals surface area contributed by atoms with Gasteiger partial charge in [-0.3, -0.25) is 4.98 Å². The summed E-state index contributed by atoms with van der Waals surface area (Å²) in [5.74, 6) is -0.191. The molecule has 0 aliphatic rings. The Kier molecular flexibility index (Phi) is 5.68.